The van der Waals surface area contributed by atoms with E-state index in [-0.39, 0.29) is 11.1 Å². The summed E-state index contributed by atoms with van der Waals surface area (Å²) in [5.74, 6) is 0.152. The van der Waals surface area contributed by atoms with Crippen molar-refractivity contribution in [3.8, 4) is 11.5 Å². The zero-order chi connectivity index (χ0) is 14.9. The molecule has 7 heteroatoms. The summed E-state index contributed by atoms with van der Waals surface area (Å²) in [6, 6.07) is 2.80. The van der Waals surface area contributed by atoms with E-state index in [0.717, 1.165) is 0 Å². The Hall–Kier alpha value is -2.02. The number of hydrogen-bond acceptors (Lipinski definition) is 5. The highest BCUT2D eigenvalue weighted by Gasteiger charge is 2.18. The number of carbonyl (C=O) groups excluding carboxylic acids is 1. The SMILES string of the molecule is COC(=O)c1cc(=O)c2c(OC)cc(Br)c(OC)c2[nH]1. The van der Waals surface area contributed by atoms with Gasteiger partial charge in [-0.1, -0.05) is 0 Å². The van der Waals surface area contributed by atoms with E-state index in [9.17, 15) is 9.59 Å². The fourth-order valence-corrected chi connectivity index (χ4v) is 2.50. The molecule has 0 aliphatic carbocycles. The van der Waals surface area contributed by atoms with Gasteiger partial charge in [-0.2, -0.15) is 0 Å². The number of ether oxygens (including phenoxy) is 3. The average Bonchev–Trinajstić information content (AvgIpc) is 2.45. The Kier molecular flexibility index (Phi) is 3.99. The van der Waals surface area contributed by atoms with Crippen LogP contribution < -0.4 is 14.9 Å². The molecule has 0 saturated carbocycles. The second-order valence-electron chi connectivity index (χ2n) is 3.88. The van der Waals surface area contributed by atoms with Gasteiger partial charge in [0.05, 0.1) is 36.7 Å². The van der Waals surface area contributed by atoms with Crippen LogP contribution in [0.4, 0.5) is 0 Å². The van der Waals surface area contributed by atoms with Crippen molar-refractivity contribution in [3.05, 3.63) is 32.5 Å². The second kappa shape index (κ2) is 5.54. The van der Waals surface area contributed by atoms with Crippen molar-refractivity contribution in [2.45, 2.75) is 0 Å². The number of fused-ring (bicyclic) bond motifs is 1. The number of rotatable bonds is 3. The van der Waals surface area contributed by atoms with Crippen LogP contribution in [-0.4, -0.2) is 32.3 Å². The summed E-state index contributed by atoms with van der Waals surface area (Å²) in [6.07, 6.45) is 0. The first-order chi connectivity index (χ1) is 9.53. The minimum absolute atomic E-state index is 0.0449. The van der Waals surface area contributed by atoms with Crippen LogP contribution in [0.15, 0.2) is 21.4 Å². The molecule has 0 atom stereocenters. The van der Waals surface area contributed by atoms with Crippen molar-refractivity contribution >= 4 is 32.8 Å². The maximum Gasteiger partial charge on any atom is 0.354 e. The molecule has 0 unspecified atom stereocenters. The minimum Gasteiger partial charge on any atom is -0.496 e. The zero-order valence-electron chi connectivity index (χ0n) is 11.1. The van der Waals surface area contributed by atoms with Gasteiger partial charge in [0.1, 0.15) is 11.4 Å². The molecular formula is C13H12BrNO5. The maximum atomic E-state index is 12.2. The molecule has 2 aromatic rings. The first-order valence-corrected chi connectivity index (χ1v) is 6.38. The number of esters is 1. The van der Waals surface area contributed by atoms with E-state index < -0.39 is 5.97 Å². The van der Waals surface area contributed by atoms with E-state index in [1.165, 1.54) is 27.4 Å². The molecule has 0 saturated heterocycles. The Morgan fingerprint density at radius 3 is 2.45 bits per heavy atom. The van der Waals surface area contributed by atoms with Crippen molar-refractivity contribution in [1.82, 2.24) is 4.98 Å². The molecular weight excluding hydrogens is 330 g/mol. The number of methoxy groups -OCH3 is 3. The molecule has 2 rings (SSSR count). The minimum atomic E-state index is -0.634. The van der Waals surface area contributed by atoms with Crippen LogP contribution in [0.3, 0.4) is 0 Å². The van der Waals surface area contributed by atoms with E-state index in [1.807, 2.05) is 0 Å². The number of pyridine rings is 1. The van der Waals surface area contributed by atoms with Gasteiger partial charge in [-0.05, 0) is 22.0 Å². The van der Waals surface area contributed by atoms with E-state index in [4.69, 9.17) is 9.47 Å². The van der Waals surface area contributed by atoms with Crippen LogP contribution in [0.25, 0.3) is 10.9 Å². The van der Waals surface area contributed by atoms with Gasteiger partial charge in [-0.3, -0.25) is 4.79 Å². The summed E-state index contributed by atoms with van der Waals surface area (Å²) in [7, 11) is 4.17. The molecule has 1 aromatic heterocycles. The maximum absolute atomic E-state index is 12.2. The number of halogens is 1. The lowest BCUT2D eigenvalue weighted by Crippen LogP contribution is -2.12. The van der Waals surface area contributed by atoms with Crippen molar-refractivity contribution in [2.24, 2.45) is 0 Å². The predicted octanol–water partition coefficient (Wildman–Crippen LogP) is 2.09. The first kappa shape index (κ1) is 14.4. The lowest BCUT2D eigenvalue weighted by molar-refractivity contribution is 0.0594. The summed E-state index contributed by atoms with van der Waals surface area (Å²) in [5, 5.41) is 0.306. The second-order valence-corrected chi connectivity index (χ2v) is 4.74. The zero-order valence-corrected chi connectivity index (χ0v) is 12.7. The topological polar surface area (TPSA) is 77.6 Å². The van der Waals surface area contributed by atoms with Crippen molar-refractivity contribution in [2.75, 3.05) is 21.3 Å². The number of benzene rings is 1. The fraction of sp³-hybridized carbons (Fsp3) is 0.231. The number of hydrogen-bond donors (Lipinski definition) is 1. The molecule has 0 aliphatic heterocycles. The quantitative estimate of drug-likeness (QED) is 0.865. The van der Waals surface area contributed by atoms with Crippen molar-refractivity contribution in [3.63, 3.8) is 0 Å². The van der Waals surface area contributed by atoms with Gasteiger partial charge in [0.2, 0.25) is 0 Å². The van der Waals surface area contributed by atoms with E-state index in [2.05, 4.69) is 25.7 Å². The Morgan fingerprint density at radius 1 is 1.20 bits per heavy atom. The summed E-state index contributed by atoms with van der Waals surface area (Å²) in [5.41, 5.74) is 0.0527. The normalized spacial score (nSPS) is 10.4. The summed E-state index contributed by atoms with van der Waals surface area (Å²) in [6.45, 7) is 0. The Bertz CT molecular complexity index is 738. The van der Waals surface area contributed by atoms with E-state index in [0.29, 0.717) is 26.9 Å². The van der Waals surface area contributed by atoms with Crippen molar-refractivity contribution in [1.29, 1.82) is 0 Å². The lowest BCUT2D eigenvalue weighted by atomic mass is 10.1. The Morgan fingerprint density at radius 2 is 1.90 bits per heavy atom. The number of nitrogens with one attached hydrogen (secondary N) is 1. The van der Waals surface area contributed by atoms with Crippen molar-refractivity contribution < 1.29 is 19.0 Å². The molecule has 0 radical (unpaired) electrons. The van der Waals surface area contributed by atoms with Crippen LogP contribution in [0.2, 0.25) is 0 Å². The number of aromatic nitrogens is 1. The molecule has 0 amide bonds. The van der Waals surface area contributed by atoms with Crippen LogP contribution in [0, 0.1) is 0 Å². The smallest absolute Gasteiger partial charge is 0.354 e. The van der Waals surface area contributed by atoms with Gasteiger partial charge in [-0.25, -0.2) is 4.79 Å². The number of carbonyl (C=O) groups is 1. The molecule has 0 bridgehead atoms. The molecule has 0 spiro atoms. The van der Waals surface area contributed by atoms with Crippen LogP contribution >= 0.6 is 15.9 Å². The highest BCUT2D eigenvalue weighted by Crippen LogP contribution is 2.37. The number of H-pyrrole nitrogens is 1. The Labute approximate surface area is 122 Å². The monoisotopic (exact) mass is 341 g/mol. The largest absolute Gasteiger partial charge is 0.496 e. The third-order valence-corrected chi connectivity index (χ3v) is 3.40. The molecule has 1 heterocycles. The summed E-state index contributed by atoms with van der Waals surface area (Å²) in [4.78, 5) is 26.6. The molecule has 1 aromatic carbocycles. The van der Waals surface area contributed by atoms with Gasteiger partial charge >= 0.3 is 5.97 Å². The van der Waals surface area contributed by atoms with E-state index >= 15 is 0 Å². The van der Waals surface area contributed by atoms with Gasteiger partial charge in [0.15, 0.2) is 11.2 Å². The predicted molar refractivity (Wildman–Crippen MR) is 76.7 cm³/mol. The number of aromatic amines is 1. The lowest BCUT2D eigenvalue weighted by Gasteiger charge is -2.12. The van der Waals surface area contributed by atoms with E-state index in [1.54, 1.807) is 6.07 Å². The van der Waals surface area contributed by atoms with Gasteiger partial charge in [0, 0.05) is 6.07 Å². The standard InChI is InChI=1S/C13H12BrNO5/c1-18-9-4-6(14)12(19-2)11-10(9)8(16)5-7(15-11)13(17)20-3/h4-5H,1-3H3,(H,15,16). The molecule has 0 fully saturated rings. The third kappa shape index (κ3) is 2.24. The molecule has 20 heavy (non-hydrogen) atoms. The molecule has 6 nitrogen and oxygen atoms in total. The van der Waals surface area contributed by atoms with Crippen LogP contribution in [0.1, 0.15) is 10.5 Å². The van der Waals surface area contributed by atoms with Crippen LogP contribution in [-0.2, 0) is 4.74 Å². The molecule has 0 aliphatic rings. The Balaban J connectivity index is 2.93. The average molecular weight is 342 g/mol. The van der Waals surface area contributed by atoms with Gasteiger partial charge in [0.25, 0.3) is 0 Å². The summed E-state index contributed by atoms with van der Waals surface area (Å²) < 4.78 is 15.7. The molecule has 1 N–H and O–H groups in total. The van der Waals surface area contributed by atoms with Gasteiger partial charge in [-0.15, -0.1) is 0 Å². The highest BCUT2D eigenvalue weighted by atomic mass is 79.9. The highest BCUT2D eigenvalue weighted by molar-refractivity contribution is 9.10. The van der Waals surface area contributed by atoms with Gasteiger partial charge < -0.3 is 19.2 Å². The molecule has 106 valence electrons. The fourth-order valence-electron chi connectivity index (χ4n) is 1.93. The van der Waals surface area contributed by atoms with Crippen LogP contribution in [0.5, 0.6) is 11.5 Å². The summed E-state index contributed by atoms with van der Waals surface area (Å²) >= 11 is 3.33. The first-order valence-electron chi connectivity index (χ1n) is 5.59. The third-order valence-electron chi connectivity index (χ3n) is 2.81.